The van der Waals surface area contributed by atoms with E-state index in [1.807, 2.05) is 17.0 Å². The molecular formula is C28H25NO. The Labute approximate surface area is 177 Å². The van der Waals surface area contributed by atoms with Crippen LogP contribution in [0.2, 0.25) is 0 Å². The van der Waals surface area contributed by atoms with E-state index in [0.717, 1.165) is 5.69 Å². The van der Waals surface area contributed by atoms with Crippen LogP contribution in [0, 0.1) is 13.8 Å². The maximum absolute atomic E-state index is 13.4. The third kappa shape index (κ3) is 3.09. The van der Waals surface area contributed by atoms with Crippen LogP contribution in [0.15, 0.2) is 84.9 Å². The first-order valence-corrected chi connectivity index (χ1v) is 10.6. The fourth-order valence-corrected chi connectivity index (χ4v) is 4.78. The van der Waals surface area contributed by atoms with Crippen LogP contribution in [-0.2, 0) is 11.3 Å². The fourth-order valence-electron chi connectivity index (χ4n) is 4.78. The lowest BCUT2D eigenvalue weighted by atomic mass is 9.79. The molecule has 1 aliphatic rings. The average Bonchev–Trinajstić information content (AvgIpc) is 2.77. The highest BCUT2D eigenvalue weighted by molar-refractivity contribution is 6.03. The lowest BCUT2D eigenvalue weighted by Crippen LogP contribution is -2.37. The van der Waals surface area contributed by atoms with Gasteiger partial charge in [0.15, 0.2) is 0 Å². The zero-order chi connectivity index (χ0) is 20.7. The van der Waals surface area contributed by atoms with E-state index in [2.05, 4.69) is 86.6 Å². The van der Waals surface area contributed by atoms with E-state index >= 15 is 0 Å². The number of rotatable bonds is 3. The van der Waals surface area contributed by atoms with Crippen molar-refractivity contribution in [2.75, 3.05) is 4.90 Å². The molecule has 0 radical (unpaired) electrons. The van der Waals surface area contributed by atoms with Crippen molar-refractivity contribution in [2.24, 2.45) is 0 Å². The lowest BCUT2D eigenvalue weighted by Gasteiger charge is -2.36. The van der Waals surface area contributed by atoms with Gasteiger partial charge in [0.2, 0.25) is 5.91 Å². The van der Waals surface area contributed by atoms with Crippen LogP contribution in [0.1, 0.15) is 40.2 Å². The van der Waals surface area contributed by atoms with Crippen molar-refractivity contribution >= 4 is 22.4 Å². The summed E-state index contributed by atoms with van der Waals surface area (Å²) < 4.78 is 0. The van der Waals surface area contributed by atoms with Gasteiger partial charge in [0.1, 0.15) is 0 Å². The summed E-state index contributed by atoms with van der Waals surface area (Å²) in [6.07, 6.45) is 0.498. The average molecular weight is 392 g/mol. The van der Waals surface area contributed by atoms with Gasteiger partial charge in [-0.15, -0.1) is 0 Å². The summed E-state index contributed by atoms with van der Waals surface area (Å²) >= 11 is 0. The summed E-state index contributed by atoms with van der Waals surface area (Å²) in [5.74, 6) is 0.266. The molecule has 0 aromatic heterocycles. The fraction of sp³-hybridized carbons (Fsp3) is 0.179. The SMILES string of the molecule is Cc1ccccc1CN1C(=O)CC(c2ccccc2C)c2c1ccc1ccccc21. The van der Waals surface area contributed by atoms with Crippen LogP contribution in [0.4, 0.5) is 5.69 Å². The third-order valence-corrected chi connectivity index (χ3v) is 6.42. The van der Waals surface area contributed by atoms with Crippen LogP contribution in [0.25, 0.3) is 10.8 Å². The van der Waals surface area contributed by atoms with Gasteiger partial charge in [-0.2, -0.15) is 0 Å². The summed E-state index contributed by atoms with van der Waals surface area (Å²) in [4.78, 5) is 15.4. The van der Waals surface area contributed by atoms with Gasteiger partial charge in [-0.05, 0) is 58.5 Å². The minimum atomic E-state index is 0.0768. The summed E-state index contributed by atoms with van der Waals surface area (Å²) in [7, 11) is 0. The molecule has 4 aromatic carbocycles. The van der Waals surface area contributed by atoms with Crippen molar-refractivity contribution in [2.45, 2.75) is 32.7 Å². The van der Waals surface area contributed by atoms with Crippen molar-refractivity contribution in [1.82, 2.24) is 0 Å². The Morgan fingerprint density at radius 1 is 0.800 bits per heavy atom. The molecule has 2 nitrogen and oxygen atoms in total. The zero-order valence-electron chi connectivity index (χ0n) is 17.4. The smallest absolute Gasteiger partial charge is 0.228 e. The number of anilines is 1. The number of carbonyl (C=O) groups excluding carboxylic acids is 1. The molecule has 0 saturated heterocycles. The Hall–Kier alpha value is -3.39. The highest BCUT2D eigenvalue weighted by Gasteiger charge is 2.34. The van der Waals surface area contributed by atoms with Crippen LogP contribution < -0.4 is 4.90 Å². The summed E-state index contributed by atoms with van der Waals surface area (Å²) in [6.45, 7) is 4.86. The van der Waals surface area contributed by atoms with Gasteiger partial charge in [0.05, 0.1) is 6.54 Å². The topological polar surface area (TPSA) is 20.3 Å². The Kier molecular flexibility index (Phi) is 4.63. The largest absolute Gasteiger partial charge is 0.308 e. The molecule has 148 valence electrons. The van der Waals surface area contributed by atoms with Gasteiger partial charge in [0, 0.05) is 18.0 Å². The van der Waals surface area contributed by atoms with Crippen molar-refractivity contribution in [3.05, 3.63) is 113 Å². The lowest BCUT2D eigenvalue weighted by molar-refractivity contribution is -0.119. The standard InChI is InChI=1S/C28H25NO/c1-19-9-3-5-12-22(19)18-29-26-16-15-21-11-6-8-14-24(21)28(26)25(17-27(29)30)23-13-7-4-10-20(23)2/h3-16,25H,17-18H2,1-2H3. The first-order valence-electron chi connectivity index (χ1n) is 10.6. The van der Waals surface area contributed by atoms with Crippen molar-refractivity contribution in [3.8, 4) is 0 Å². The molecule has 1 unspecified atom stereocenters. The molecular weight excluding hydrogens is 366 g/mol. The number of hydrogen-bond acceptors (Lipinski definition) is 1. The van der Waals surface area contributed by atoms with E-state index in [1.165, 1.54) is 38.6 Å². The number of carbonyl (C=O) groups is 1. The second-order valence-corrected chi connectivity index (χ2v) is 8.24. The first kappa shape index (κ1) is 18.6. The highest BCUT2D eigenvalue weighted by Crippen LogP contribution is 2.45. The number of nitrogens with zero attached hydrogens (tertiary/aromatic N) is 1. The molecule has 1 amide bonds. The molecule has 30 heavy (non-hydrogen) atoms. The first-order chi connectivity index (χ1) is 14.6. The predicted molar refractivity (Wildman–Crippen MR) is 124 cm³/mol. The monoisotopic (exact) mass is 391 g/mol. The molecule has 0 saturated carbocycles. The number of benzene rings is 4. The van der Waals surface area contributed by atoms with Gasteiger partial charge < -0.3 is 4.90 Å². The second kappa shape index (κ2) is 7.46. The number of fused-ring (bicyclic) bond motifs is 3. The Bertz CT molecular complexity index is 1260. The molecule has 1 atom stereocenters. The zero-order valence-corrected chi connectivity index (χ0v) is 17.4. The van der Waals surface area contributed by atoms with Gasteiger partial charge in [-0.25, -0.2) is 0 Å². The van der Waals surface area contributed by atoms with E-state index in [0.29, 0.717) is 13.0 Å². The van der Waals surface area contributed by atoms with Gasteiger partial charge >= 0.3 is 0 Å². The van der Waals surface area contributed by atoms with Crippen LogP contribution >= 0.6 is 0 Å². The van der Waals surface area contributed by atoms with Crippen LogP contribution in [-0.4, -0.2) is 5.91 Å². The molecule has 0 N–H and O–H groups in total. The van der Waals surface area contributed by atoms with E-state index in [4.69, 9.17) is 0 Å². The van der Waals surface area contributed by atoms with Gasteiger partial charge in [-0.3, -0.25) is 4.79 Å². The number of aryl methyl sites for hydroxylation is 2. The van der Waals surface area contributed by atoms with E-state index < -0.39 is 0 Å². The minimum Gasteiger partial charge on any atom is -0.308 e. The predicted octanol–water partition coefficient (Wildman–Crippen LogP) is 6.53. The maximum atomic E-state index is 13.4. The van der Waals surface area contributed by atoms with Crippen molar-refractivity contribution in [3.63, 3.8) is 0 Å². The summed E-state index contributed by atoms with van der Waals surface area (Å²) in [5, 5.41) is 2.46. The Morgan fingerprint density at radius 3 is 2.30 bits per heavy atom. The normalized spacial score (nSPS) is 16.0. The second-order valence-electron chi connectivity index (χ2n) is 8.24. The molecule has 0 bridgehead atoms. The maximum Gasteiger partial charge on any atom is 0.228 e. The molecule has 1 aliphatic heterocycles. The van der Waals surface area contributed by atoms with Gasteiger partial charge in [0.25, 0.3) is 0 Å². The van der Waals surface area contributed by atoms with E-state index in [1.54, 1.807) is 0 Å². The highest BCUT2D eigenvalue weighted by atomic mass is 16.2. The Morgan fingerprint density at radius 2 is 1.50 bits per heavy atom. The van der Waals surface area contributed by atoms with Crippen LogP contribution in [0.3, 0.4) is 0 Å². The minimum absolute atomic E-state index is 0.0768. The molecule has 0 spiro atoms. The summed E-state index contributed by atoms with van der Waals surface area (Å²) in [5.41, 5.74) is 7.21. The van der Waals surface area contributed by atoms with E-state index in [9.17, 15) is 4.79 Å². The van der Waals surface area contributed by atoms with E-state index in [-0.39, 0.29) is 11.8 Å². The van der Waals surface area contributed by atoms with Crippen molar-refractivity contribution in [1.29, 1.82) is 0 Å². The summed E-state index contributed by atoms with van der Waals surface area (Å²) in [6, 6.07) is 29.6. The quantitative estimate of drug-likeness (QED) is 0.389. The molecule has 4 aromatic rings. The molecule has 0 aliphatic carbocycles. The number of amides is 1. The molecule has 5 rings (SSSR count). The Balaban J connectivity index is 1.71. The molecule has 1 heterocycles. The van der Waals surface area contributed by atoms with Gasteiger partial charge in [-0.1, -0.05) is 78.9 Å². The molecule has 2 heteroatoms. The van der Waals surface area contributed by atoms with Crippen LogP contribution in [0.5, 0.6) is 0 Å². The molecule has 0 fully saturated rings. The van der Waals surface area contributed by atoms with Crippen molar-refractivity contribution < 1.29 is 4.79 Å². The third-order valence-electron chi connectivity index (χ3n) is 6.42. The number of hydrogen-bond donors (Lipinski definition) is 0.